The number of aromatic nitrogens is 1. The Bertz CT molecular complexity index is 751. The Morgan fingerprint density at radius 1 is 1.33 bits per heavy atom. The zero-order valence-electron chi connectivity index (χ0n) is 11.8. The number of nitrogens with zero attached hydrogens (tertiary/aromatic N) is 1. The molecule has 1 heterocycles. The zero-order valence-corrected chi connectivity index (χ0v) is 11.8. The number of likely N-dealkylation sites (N-methyl/N-ethyl adjacent to an activating group) is 1. The number of para-hydroxylation sites is 1. The number of carbonyl (C=O) groups is 2. The molecule has 6 heteroatoms. The molecule has 0 bridgehead atoms. The van der Waals surface area contributed by atoms with E-state index in [2.05, 4.69) is 4.98 Å². The smallest absolute Gasteiger partial charge is 0.326 e. The number of carboxylic acids is 1. The van der Waals surface area contributed by atoms with E-state index in [4.69, 9.17) is 5.11 Å². The van der Waals surface area contributed by atoms with Gasteiger partial charge in [0.05, 0.1) is 5.56 Å². The number of benzene rings is 1. The number of rotatable bonds is 4. The maximum Gasteiger partial charge on any atom is 0.326 e. The van der Waals surface area contributed by atoms with Crippen molar-refractivity contribution < 1.29 is 14.7 Å². The zero-order chi connectivity index (χ0) is 15.6. The molecular weight excluding hydrogens is 272 g/mol. The molecule has 0 fully saturated rings. The SMILES string of the molecule is CCC(C(=O)O)N(C)C(=O)c1cc(=O)[nH]c2ccccc12. The van der Waals surface area contributed by atoms with Crippen LogP contribution in [-0.4, -0.2) is 40.0 Å². The lowest BCUT2D eigenvalue weighted by atomic mass is 10.1. The third-order valence-electron chi connectivity index (χ3n) is 3.44. The molecule has 2 aromatic rings. The van der Waals surface area contributed by atoms with Crippen LogP contribution in [0.4, 0.5) is 0 Å². The molecule has 0 saturated carbocycles. The minimum absolute atomic E-state index is 0.205. The van der Waals surface area contributed by atoms with E-state index in [0.717, 1.165) is 4.90 Å². The van der Waals surface area contributed by atoms with Crippen molar-refractivity contribution in [2.45, 2.75) is 19.4 Å². The van der Waals surface area contributed by atoms with Gasteiger partial charge in [-0.3, -0.25) is 9.59 Å². The number of amides is 1. The first-order valence-corrected chi connectivity index (χ1v) is 6.57. The lowest BCUT2D eigenvalue weighted by molar-refractivity contribution is -0.142. The highest BCUT2D eigenvalue weighted by Gasteiger charge is 2.26. The van der Waals surface area contributed by atoms with Crippen LogP contribution in [0.5, 0.6) is 0 Å². The minimum atomic E-state index is -1.07. The number of hydrogen-bond acceptors (Lipinski definition) is 3. The van der Waals surface area contributed by atoms with Crippen LogP contribution in [-0.2, 0) is 4.79 Å². The number of fused-ring (bicyclic) bond motifs is 1. The molecule has 1 unspecified atom stereocenters. The van der Waals surface area contributed by atoms with Crippen LogP contribution >= 0.6 is 0 Å². The van der Waals surface area contributed by atoms with Crippen molar-refractivity contribution in [1.82, 2.24) is 9.88 Å². The van der Waals surface area contributed by atoms with E-state index in [-0.39, 0.29) is 5.56 Å². The van der Waals surface area contributed by atoms with E-state index in [1.165, 1.54) is 13.1 Å². The normalized spacial score (nSPS) is 12.1. The van der Waals surface area contributed by atoms with E-state index in [9.17, 15) is 14.4 Å². The second-order valence-electron chi connectivity index (χ2n) is 4.77. The van der Waals surface area contributed by atoms with Gasteiger partial charge in [0.1, 0.15) is 6.04 Å². The first kappa shape index (κ1) is 14.8. The highest BCUT2D eigenvalue weighted by molar-refractivity contribution is 6.06. The fourth-order valence-electron chi connectivity index (χ4n) is 2.33. The van der Waals surface area contributed by atoms with Crippen LogP contribution in [0.25, 0.3) is 10.9 Å². The highest BCUT2D eigenvalue weighted by atomic mass is 16.4. The summed E-state index contributed by atoms with van der Waals surface area (Å²) < 4.78 is 0. The third kappa shape index (κ3) is 2.79. The van der Waals surface area contributed by atoms with Crippen LogP contribution < -0.4 is 5.56 Å². The van der Waals surface area contributed by atoms with Crippen molar-refractivity contribution in [3.8, 4) is 0 Å². The molecule has 0 aliphatic carbocycles. The standard InChI is InChI=1S/C15H16N2O4/c1-3-12(15(20)21)17(2)14(19)10-8-13(18)16-11-7-5-4-6-9(10)11/h4-8,12H,3H2,1-2H3,(H,16,18)(H,20,21). The highest BCUT2D eigenvalue weighted by Crippen LogP contribution is 2.17. The molecule has 0 saturated heterocycles. The molecule has 1 amide bonds. The monoisotopic (exact) mass is 288 g/mol. The summed E-state index contributed by atoms with van der Waals surface area (Å²) in [5.41, 5.74) is 0.357. The fourth-order valence-corrected chi connectivity index (χ4v) is 2.33. The molecule has 0 spiro atoms. The molecule has 0 aliphatic rings. The Hall–Kier alpha value is -2.63. The largest absolute Gasteiger partial charge is 0.480 e. The number of carbonyl (C=O) groups excluding carboxylic acids is 1. The second kappa shape index (κ2) is 5.78. The van der Waals surface area contributed by atoms with Crippen molar-refractivity contribution in [1.29, 1.82) is 0 Å². The first-order valence-electron chi connectivity index (χ1n) is 6.57. The predicted octanol–water partition coefficient (Wildman–Crippen LogP) is 1.46. The Morgan fingerprint density at radius 2 is 2.00 bits per heavy atom. The van der Waals surface area contributed by atoms with Crippen LogP contribution in [0.3, 0.4) is 0 Å². The second-order valence-corrected chi connectivity index (χ2v) is 4.77. The van der Waals surface area contributed by atoms with E-state index in [1.54, 1.807) is 31.2 Å². The average Bonchev–Trinajstić information content (AvgIpc) is 2.45. The Balaban J connectivity index is 2.53. The van der Waals surface area contributed by atoms with Crippen molar-refractivity contribution >= 4 is 22.8 Å². The summed E-state index contributed by atoms with van der Waals surface area (Å²) in [6.07, 6.45) is 0.290. The summed E-state index contributed by atoms with van der Waals surface area (Å²) >= 11 is 0. The number of pyridine rings is 1. The molecule has 1 aromatic carbocycles. The summed E-state index contributed by atoms with van der Waals surface area (Å²) in [6, 6.07) is 7.20. The van der Waals surface area contributed by atoms with Crippen LogP contribution in [0.1, 0.15) is 23.7 Å². The molecule has 1 aromatic heterocycles. The van der Waals surface area contributed by atoms with Crippen molar-refractivity contribution in [2.75, 3.05) is 7.05 Å². The summed E-state index contributed by atoms with van der Waals surface area (Å²) in [7, 11) is 1.43. The maximum atomic E-state index is 12.5. The number of carboxylic acid groups (broad SMARTS) is 1. The van der Waals surface area contributed by atoms with E-state index in [1.807, 2.05) is 0 Å². The lowest BCUT2D eigenvalue weighted by Crippen LogP contribution is -2.42. The number of H-pyrrole nitrogens is 1. The fraction of sp³-hybridized carbons (Fsp3) is 0.267. The molecule has 0 aliphatic heterocycles. The van der Waals surface area contributed by atoms with Crippen molar-refractivity contribution in [3.05, 3.63) is 46.2 Å². The Kier molecular flexibility index (Phi) is 4.07. The molecule has 1 atom stereocenters. The number of aliphatic carboxylic acids is 1. The maximum absolute atomic E-state index is 12.5. The summed E-state index contributed by atoms with van der Waals surface area (Å²) in [5, 5.41) is 9.74. The predicted molar refractivity (Wildman–Crippen MR) is 78.4 cm³/mol. The molecule has 2 N–H and O–H groups in total. The minimum Gasteiger partial charge on any atom is -0.480 e. The van der Waals surface area contributed by atoms with Gasteiger partial charge in [-0.15, -0.1) is 0 Å². The topological polar surface area (TPSA) is 90.5 Å². The van der Waals surface area contributed by atoms with Gasteiger partial charge < -0.3 is 15.0 Å². The van der Waals surface area contributed by atoms with Gasteiger partial charge in [-0.05, 0) is 12.5 Å². The molecule has 2 rings (SSSR count). The van der Waals surface area contributed by atoms with Gasteiger partial charge in [-0.2, -0.15) is 0 Å². The average molecular weight is 288 g/mol. The molecule has 21 heavy (non-hydrogen) atoms. The summed E-state index contributed by atoms with van der Waals surface area (Å²) in [5.74, 6) is -1.55. The van der Waals surface area contributed by atoms with Crippen molar-refractivity contribution in [3.63, 3.8) is 0 Å². The van der Waals surface area contributed by atoms with Gasteiger partial charge in [0.15, 0.2) is 0 Å². The first-order chi connectivity index (χ1) is 9.95. The lowest BCUT2D eigenvalue weighted by Gasteiger charge is -2.24. The molecule has 110 valence electrons. The van der Waals surface area contributed by atoms with Gasteiger partial charge in [0.2, 0.25) is 5.56 Å². The molecular formula is C15H16N2O4. The van der Waals surface area contributed by atoms with Crippen LogP contribution in [0, 0.1) is 0 Å². The number of hydrogen-bond donors (Lipinski definition) is 2. The van der Waals surface area contributed by atoms with E-state index < -0.39 is 23.5 Å². The van der Waals surface area contributed by atoms with Gasteiger partial charge in [0.25, 0.3) is 5.91 Å². The van der Waals surface area contributed by atoms with E-state index in [0.29, 0.717) is 17.3 Å². The van der Waals surface area contributed by atoms with Crippen LogP contribution in [0.15, 0.2) is 35.1 Å². The molecule has 6 nitrogen and oxygen atoms in total. The summed E-state index contributed by atoms with van der Waals surface area (Å²) in [4.78, 5) is 39.2. The Labute approximate surface area is 121 Å². The van der Waals surface area contributed by atoms with Gasteiger partial charge in [-0.25, -0.2) is 4.79 Å². The van der Waals surface area contributed by atoms with E-state index >= 15 is 0 Å². The number of nitrogens with one attached hydrogen (secondary N) is 1. The quantitative estimate of drug-likeness (QED) is 0.891. The van der Waals surface area contributed by atoms with Crippen molar-refractivity contribution in [2.24, 2.45) is 0 Å². The van der Waals surface area contributed by atoms with Gasteiger partial charge in [-0.1, -0.05) is 25.1 Å². The van der Waals surface area contributed by atoms with Crippen LogP contribution in [0.2, 0.25) is 0 Å². The Morgan fingerprint density at radius 3 is 2.62 bits per heavy atom. The van der Waals surface area contributed by atoms with Gasteiger partial charge >= 0.3 is 5.97 Å². The molecule has 0 radical (unpaired) electrons. The summed E-state index contributed by atoms with van der Waals surface area (Å²) in [6.45, 7) is 1.69. The number of aromatic amines is 1. The van der Waals surface area contributed by atoms with Gasteiger partial charge in [0, 0.05) is 24.0 Å². The third-order valence-corrected chi connectivity index (χ3v) is 3.44.